The lowest BCUT2D eigenvalue weighted by Crippen LogP contribution is -2.14. The lowest BCUT2D eigenvalue weighted by molar-refractivity contribution is -0.112. The van der Waals surface area contributed by atoms with Crippen LogP contribution in [0.4, 0.5) is 5.69 Å². The normalized spacial score (nSPS) is 11.2. The van der Waals surface area contributed by atoms with Gasteiger partial charge < -0.3 is 19.0 Å². The Balaban J connectivity index is 1.96. The van der Waals surface area contributed by atoms with Gasteiger partial charge in [-0.15, -0.1) is 6.58 Å². The predicted octanol–water partition coefficient (Wildman–Crippen LogP) is 5.53. The third-order valence-corrected chi connectivity index (χ3v) is 6.38. The van der Waals surface area contributed by atoms with Gasteiger partial charge in [-0.2, -0.15) is 13.7 Å². The average Bonchev–Trinajstić information content (AvgIpc) is 2.91. The number of carbonyl (C=O) groups excluding carboxylic acids is 1. The number of hydrogen-bond donors (Lipinski definition) is 1. The van der Waals surface area contributed by atoms with Crippen LogP contribution >= 0.6 is 0 Å². The van der Waals surface area contributed by atoms with Crippen LogP contribution in [0.3, 0.4) is 0 Å². The molecule has 0 aliphatic rings. The summed E-state index contributed by atoms with van der Waals surface area (Å²) in [6, 6.07) is 19.6. The minimum absolute atomic E-state index is 0.00583. The Bertz CT molecular complexity index is 1460. The quantitative estimate of drug-likeness (QED) is 0.141. The molecule has 0 atom stereocenters. The highest BCUT2D eigenvalue weighted by Crippen LogP contribution is 2.36. The first kappa shape index (κ1) is 28.0. The molecule has 0 aliphatic carbocycles. The van der Waals surface area contributed by atoms with E-state index in [1.807, 2.05) is 13.0 Å². The Morgan fingerprint density at radius 2 is 1.71 bits per heavy atom. The molecule has 38 heavy (non-hydrogen) atoms. The number of carbonyl (C=O) groups is 1. The van der Waals surface area contributed by atoms with Gasteiger partial charge in [0.1, 0.15) is 22.3 Å². The van der Waals surface area contributed by atoms with E-state index in [1.165, 1.54) is 24.3 Å². The molecule has 0 fully saturated rings. The van der Waals surface area contributed by atoms with E-state index in [1.54, 1.807) is 61.5 Å². The molecule has 3 aromatic carbocycles. The highest BCUT2D eigenvalue weighted by Gasteiger charge is 2.22. The maximum Gasteiger partial charge on any atom is 0.339 e. The summed E-state index contributed by atoms with van der Waals surface area (Å²) in [6.45, 7) is 8.11. The van der Waals surface area contributed by atoms with Gasteiger partial charge in [-0.3, -0.25) is 4.79 Å². The molecule has 9 heteroatoms. The zero-order valence-electron chi connectivity index (χ0n) is 21.1. The zero-order chi connectivity index (χ0) is 27.5. The van der Waals surface area contributed by atoms with Gasteiger partial charge in [0, 0.05) is 11.3 Å². The summed E-state index contributed by atoms with van der Waals surface area (Å²) >= 11 is 0. The summed E-state index contributed by atoms with van der Waals surface area (Å²) in [5, 5.41) is 12.4. The van der Waals surface area contributed by atoms with E-state index in [0.29, 0.717) is 29.2 Å². The van der Waals surface area contributed by atoms with Crippen molar-refractivity contribution in [2.24, 2.45) is 0 Å². The van der Waals surface area contributed by atoms with Crippen molar-refractivity contribution in [2.45, 2.75) is 25.2 Å². The van der Waals surface area contributed by atoms with Gasteiger partial charge in [-0.25, -0.2) is 0 Å². The summed E-state index contributed by atoms with van der Waals surface area (Å²) in [7, 11) is -4.15. The number of allylic oxidation sites excluding steroid dienone is 1. The van der Waals surface area contributed by atoms with Crippen molar-refractivity contribution in [2.75, 3.05) is 18.5 Å². The van der Waals surface area contributed by atoms with Crippen LogP contribution in [0.5, 0.6) is 17.2 Å². The van der Waals surface area contributed by atoms with E-state index < -0.39 is 16.0 Å². The number of benzene rings is 3. The van der Waals surface area contributed by atoms with E-state index in [0.717, 1.165) is 0 Å². The Morgan fingerprint density at radius 3 is 2.32 bits per heavy atom. The molecular formula is C29H28N2O6S. The van der Waals surface area contributed by atoms with Crippen LogP contribution in [0.2, 0.25) is 0 Å². The van der Waals surface area contributed by atoms with E-state index in [9.17, 15) is 18.5 Å². The molecule has 196 valence electrons. The van der Waals surface area contributed by atoms with Crippen LogP contribution < -0.4 is 19.0 Å². The first-order valence-corrected chi connectivity index (χ1v) is 13.3. The van der Waals surface area contributed by atoms with Crippen molar-refractivity contribution in [3.05, 3.63) is 96.1 Å². The molecule has 0 aliphatic heterocycles. The fourth-order valence-corrected chi connectivity index (χ4v) is 4.49. The van der Waals surface area contributed by atoms with Crippen LogP contribution in [0.25, 0.3) is 6.08 Å². The second-order valence-electron chi connectivity index (χ2n) is 7.86. The average molecular weight is 533 g/mol. The van der Waals surface area contributed by atoms with E-state index >= 15 is 0 Å². The van der Waals surface area contributed by atoms with Crippen molar-refractivity contribution in [3.63, 3.8) is 0 Å². The predicted molar refractivity (Wildman–Crippen MR) is 146 cm³/mol. The van der Waals surface area contributed by atoms with Crippen molar-refractivity contribution in [3.8, 4) is 23.3 Å². The fraction of sp³-hybridized carbons (Fsp3) is 0.172. The number of amides is 1. The topological polar surface area (TPSA) is 115 Å². The second-order valence-corrected chi connectivity index (χ2v) is 9.41. The third-order valence-electron chi connectivity index (χ3n) is 5.14. The second kappa shape index (κ2) is 13.1. The van der Waals surface area contributed by atoms with Gasteiger partial charge in [0.2, 0.25) is 0 Å². The standard InChI is InChI=1S/C29H28N2O6S/c1-4-10-22-17-21(18-23(20-30)29(32)31-24-13-15-25(16-14-24)35-5-2)19-27(36-6-3)28(22)37-38(33,34)26-11-8-7-9-12-26/h4,7-9,11-19H,1,5-6,10H2,2-3H3,(H,31,32)/b23-18+. The summed E-state index contributed by atoms with van der Waals surface area (Å²) in [6.07, 6.45) is 3.24. The monoisotopic (exact) mass is 532 g/mol. The van der Waals surface area contributed by atoms with Gasteiger partial charge in [0.25, 0.3) is 5.91 Å². The number of nitrogens with one attached hydrogen (secondary N) is 1. The number of rotatable bonds is 12. The molecule has 0 bridgehead atoms. The smallest absolute Gasteiger partial charge is 0.339 e. The van der Waals surface area contributed by atoms with E-state index in [-0.39, 0.29) is 35.0 Å². The van der Waals surface area contributed by atoms with Crippen LogP contribution in [0.15, 0.2) is 89.9 Å². The molecule has 8 nitrogen and oxygen atoms in total. The van der Waals surface area contributed by atoms with Crippen molar-refractivity contribution >= 4 is 27.8 Å². The lowest BCUT2D eigenvalue weighted by Gasteiger charge is -2.16. The Morgan fingerprint density at radius 1 is 1.03 bits per heavy atom. The molecule has 0 saturated carbocycles. The molecule has 3 rings (SSSR count). The van der Waals surface area contributed by atoms with Gasteiger partial charge in [0.05, 0.1) is 13.2 Å². The zero-order valence-corrected chi connectivity index (χ0v) is 22.0. The molecule has 0 unspecified atom stereocenters. The van der Waals surface area contributed by atoms with Crippen molar-refractivity contribution in [1.29, 1.82) is 5.26 Å². The van der Waals surface area contributed by atoms with Crippen molar-refractivity contribution in [1.82, 2.24) is 0 Å². The summed E-state index contributed by atoms with van der Waals surface area (Å²) in [4.78, 5) is 12.8. The largest absolute Gasteiger partial charge is 0.494 e. The lowest BCUT2D eigenvalue weighted by atomic mass is 10.0. The minimum atomic E-state index is -4.15. The van der Waals surface area contributed by atoms with E-state index in [4.69, 9.17) is 13.7 Å². The molecule has 0 aromatic heterocycles. The highest BCUT2D eigenvalue weighted by molar-refractivity contribution is 7.87. The molecule has 0 spiro atoms. The number of nitriles is 1. The third kappa shape index (κ3) is 7.24. The Kier molecular flexibility index (Phi) is 9.68. The summed E-state index contributed by atoms with van der Waals surface area (Å²) < 4.78 is 42.5. The summed E-state index contributed by atoms with van der Waals surface area (Å²) in [5.41, 5.74) is 1.25. The molecular weight excluding hydrogens is 504 g/mol. The number of hydrogen-bond acceptors (Lipinski definition) is 7. The number of ether oxygens (including phenoxy) is 2. The Labute approximate surface area is 222 Å². The molecule has 1 amide bonds. The van der Waals surface area contributed by atoms with Gasteiger partial charge >= 0.3 is 10.1 Å². The SMILES string of the molecule is C=CCc1cc(/C=C(\C#N)C(=O)Nc2ccc(OCC)cc2)cc(OCC)c1OS(=O)(=O)c1ccccc1. The molecule has 1 N–H and O–H groups in total. The maximum absolute atomic E-state index is 12.9. The highest BCUT2D eigenvalue weighted by atomic mass is 32.2. The first-order chi connectivity index (χ1) is 18.3. The first-order valence-electron chi connectivity index (χ1n) is 11.9. The molecule has 0 radical (unpaired) electrons. The van der Waals surface area contributed by atoms with Crippen LogP contribution in [0, 0.1) is 11.3 Å². The molecule has 3 aromatic rings. The van der Waals surface area contributed by atoms with Crippen LogP contribution in [0.1, 0.15) is 25.0 Å². The fourth-order valence-electron chi connectivity index (χ4n) is 3.49. The minimum Gasteiger partial charge on any atom is -0.494 e. The Hall–Kier alpha value is -4.55. The van der Waals surface area contributed by atoms with Crippen LogP contribution in [-0.4, -0.2) is 27.5 Å². The maximum atomic E-state index is 12.9. The van der Waals surface area contributed by atoms with Gasteiger partial charge in [-0.1, -0.05) is 24.3 Å². The molecule has 0 heterocycles. The molecule has 0 saturated heterocycles. The van der Waals surface area contributed by atoms with E-state index in [2.05, 4.69) is 11.9 Å². The van der Waals surface area contributed by atoms with Gasteiger partial charge in [-0.05, 0) is 80.4 Å². The van der Waals surface area contributed by atoms with Crippen LogP contribution in [-0.2, 0) is 21.3 Å². The number of anilines is 1. The van der Waals surface area contributed by atoms with Crippen molar-refractivity contribution < 1.29 is 26.9 Å². The van der Waals surface area contributed by atoms with Gasteiger partial charge in [0.15, 0.2) is 11.5 Å². The number of nitrogens with zero attached hydrogens (tertiary/aromatic N) is 1. The summed E-state index contributed by atoms with van der Waals surface area (Å²) in [5.74, 6) is 0.232.